The van der Waals surface area contributed by atoms with Gasteiger partial charge in [-0.2, -0.15) is 0 Å². The van der Waals surface area contributed by atoms with Crippen LogP contribution in [0.5, 0.6) is 0 Å². The molecule has 1 aliphatic rings. The lowest BCUT2D eigenvalue weighted by Crippen LogP contribution is -2.26. The van der Waals surface area contributed by atoms with E-state index in [2.05, 4.69) is 23.7 Å². The molecule has 1 fully saturated rings. The molecule has 88 valence electrons. The number of carbonyl (C=O) groups excluding carboxylic acids is 1. The second-order valence-corrected chi connectivity index (χ2v) is 5.79. The Morgan fingerprint density at radius 2 is 2.19 bits per heavy atom. The average Bonchev–Trinajstić information content (AvgIpc) is 2.69. The van der Waals surface area contributed by atoms with Crippen molar-refractivity contribution in [2.45, 2.75) is 40.2 Å². The number of ketones is 1. The third-order valence-electron chi connectivity index (χ3n) is 3.13. The van der Waals surface area contributed by atoms with Crippen molar-refractivity contribution in [2.24, 2.45) is 5.92 Å². The van der Waals surface area contributed by atoms with Crippen LogP contribution in [0.15, 0.2) is 0 Å². The van der Waals surface area contributed by atoms with Gasteiger partial charge in [-0.25, -0.2) is 4.98 Å². The van der Waals surface area contributed by atoms with Gasteiger partial charge in [0.25, 0.3) is 0 Å². The molecule has 0 bridgehead atoms. The molecule has 0 amide bonds. The van der Waals surface area contributed by atoms with E-state index in [-0.39, 0.29) is 5.78 Å². The Bertz CT molecular complexity index is 413. The number of nitrogens with zero attached hydrogens (tertiary/aromatic N) is 2. The van der Waals surface area contributed by atoms with E-state index >= 15 is 0 Å². The van der Waals surface area contributed by atoms with E-state index in [0.29, 0.717) is 6.04 Å². The fourth-order valence-electron chi connectivity index (χ4n) is 2.40. The molecule has 0 aromatic carbocycles. The van der Waals surface area contributed by atoms with E-state index < -0.39 is 0 Å². The highest BCUT2D eigenvalue weighted by Gasteiger charge is 2.29. The monoisotopic (exact) mass is 238 g/mol. The van der Waals surface area contributed by atoms with Crippen molar-refractivity contribution < 1.29 is 4.79 Å². The predicted molar refractivity (Wildman–Crippen MR) is 67.4 cm³/mol. The zero-order valence-electron chi connectivity index (χ0n) is 10.3. The molecule has 2 rings (SSSR count). The van der Waals surface area contributed by atoms with Crippen molar-refractivity contribution >= 4 is 22.3 Å². The van der Waals surface area contributed by atoms with E-state index in [1.54, 1.807) is 6.92 Å². The molecule has 2 atom stereocenters. The number of anilines is 1. The van der Waals surface area contributed by atoms with Crippen molar-refractivity contribution in [3.05, 3.63) is 10.6 Å². The number of aryl methyl sites for hydroxylation is 1. The van der Waals surface area contributed by atoms with Crippen LogP contribution in [0.4, 0.5) is 5.13 Å². The smallest absolute Gasteiger partial charge is 0.186 e. The van der Waals surface area contributed by atoms with E-state index in [4.69, 9.17) is 0 Å². The molecule has 4 heteroatoms. The SMILES string of the molecule is CC(=O)c1sc(N2CC(C)CC2C)nc1C. The number of thiazole rings is 1. The summed E-state index contributed by atoms with van der Waals surface area (Å²) in [6.45, 7) is 9.09. The third-order valence-corrected chi connectivity index (χ3v) is 4.43. The zero-order chi connectivity index (χ0) is 11.9. The normalized spacial score (nSPS) is 25.1. The van der Waals surface area contributed by atoms with Crippen LogP contribution in [0.3, 0.4) is 0 Å². The number of hydrogen-bond donors (Lipinski definition) is 0. The minimum Gasteiger partial charge on any atom is -0.345 e. The zero-order valence-corrected chi connectivity index (χ0v) is 11.1. The van der Waals surface area contributed by atoms with Crippen molar-refractivity contribution in [2.75, 3.05) is 11.4 Å². The third kappa shape index (κ3) is 1.98. The molecule has 0 aliphatic carbocycles. The molecule has 0 saturated carbocycles. The first-order valence-electron chi connectivity index (χ1n) is 5.74. The summed E-state index contributed by atoms with van der Waals surface area (Å²) in [5.41, 5.74) is 0.874. The molecular weight excluding hydrogens is 220 g/mol. The number of rotatable bonds is 2. The first kappa shape index (κ1) is 11.6. The number of carbonyl (C=O) groups is 1. The molecule has 1 aromatic heterocycles. The van der Waals surface area contributed by atoms with E-state index in [1.165, 1.54) is 17.8 Å². The van der Waals surface area contributed by atoms with Gasteiger partial charge < -0.3 is 4.90 Å². The quantitative estimate of drug-likeness (QED) is 0.743. The second-order valence-electron chi connectivity index (χ2n) is 4.81. The molecule has 16 heavy (non-hydrogen) atoms. The summed E-state index contributed by atoms with van der Waals surface area (Å²) in [4.78, 5) is 19.0. The highest BCUT2D eigenvalue weighted by molar-refractivity contribution is 7.17. The maximum atomic E-state index is 11.4. The molecule has 1 aromatic rings. The summed E-state index contributed by atoms with van der Waals surface area (Å²) in [7, 11) is 0. The van der Waals surface area contributed by atoms with Gasteiger partial charge in [-0.15, -0.1) is 0 Å². The predicted octanol–water partition coefficient (Wildman–Crippen LogP) is 2.89. The Morgan fingerprint density at radius 3 is 2.62 bits per heavy atom. The Kier molecular flexibility index (Phi) is 3.02. The molecule has 3 nitrogen and oxygen atoms in total. The highest BCUT2D eigenvalue weighted by Crippen LogP contribution is 2.33. The minimum absolute atomic E-state index is 0.126. The average molecular weight is 238 g/mol. The van der Waals surface area contributed by atoms with Gasteiger partial charge in [0.15, 0.2) is 10.9 Å². The maximum absolute atomic E-state index is 11.4. The summed E-state index contributed by atoms with van der Waals surface area (Å²) in [5.74, 6) is 0.848. The number of hydrogen-bond acceptors (Lipinski definition) is 4. The van der Waals surface area contributed by atoms with Crippen molar-refractivity contribution in [1.82, 2.24) is 4.98 Å². The molecule has 2 unspecified atom stereocenters. The van der Waals surface area contributed by atoms with E-state index in [1.807, 2.05) is 6.92 Å². The molecule has 0 spiro atoms. The standard InChI is InChI=1S/C12H18N2OS/c1-7-5-8(2)14(6-7)12-13-9(3)11(16-12)10(4)15/h7-8H,5-6H2,1-4H3. The van der Waals surface area contributed by atoms with Gasteiger partial charge in [0.1, 0.15) is 0 Å². The summed E-state index contributed by atoms with van der Waals surface area (Å²) in [6.07, 6.45) is 1.22. The molecule has 1 aliphatic heterocycles. The van der Waals surface area contributed by atoms with E-state index in [9.17, 15) is 4.79 Å². The van der Waals surface area contributed by atoms with Crippen LogP contribution in [0.1, 0.15) is 42.6 Å². The van der Waals surface area contributed by atoms with Gasteiger partial charge in [-0.05, 0) is 26.2 Å². The molecular formula is C12H18N2OS. The minimum atomic E-state index is 0.126. The van der Waals surface area contributed by atoms with Gasteiger partial charge in [-0.1, -0.05) is 18.3 Å². The van der Waals surface area contributed by atoms with Crippen LogP contribution in [-0.2, 0) is 0 Å². The van der Waals surface area contributed by atoms with Crippen LogP contribution in [0, 0.1) is 12.8 Å². The topological polar surface area (TPSA) is 33.2 Å². The van der Waals surface area contributed by atoms with Gasteiger partial charge >= 0.3 is 0 Å². The van der Waals surface area contributed by atoms with Gasteiger partial charge in [-0.3, -0.25) is 4.79 Å². The lowest BCUT2D eigenvalue weighted by atomic mass is 10.1. The van der Waals surface area contributed by atoms with Crippen LogP contribution in [-0.4, -0.2) is 23.4 Å². The Hall–Kier alpha value is -0.900. The number of aromatic nitrogens is 1. The molecule has 2 heterocycles. The fourth-order valence-corrected chi connectivity index (χ4v) is 3.47. The largest absolute Gasteiger partial charge is 0.345 e. The second kappa shape index (κ2) is 4.17. The summed E-state index contributed by atoms with van der Waals surface area (Å²) < 4.78 is 0. The summed E-state index contributed by atoms with van der Waals surface area (Å²) in [6, 6.07) is 0.542. The van der Waals surface area contributed by atoms with Crippen molar-refractivity contribution in [1.29, 1.82) is 0 Å². The Labute approximate surface area is 100 Å². The Morgan fingerprint density at radius 1 is 1.50 bits per heavy atom. The van der Waals surface area contributed by atoms with Crippen molar-refractivity contribution in [3.8, 4) is 0 Å². The van der Waals surface area contributed by atoms with Gasteiger partial charge in [0, 0.05) is 19.5 Å². The summed E-state index contributed by atoms with van der Waals surface area (Å²) in [5, 5.41) is 1.01. The van der Waals surface area contributed by atoms with Crippen LogP contribution < -0.4 is 4.90 Å². The Balaban J connectivity index is 2.28. The highest BCUT2D eigenvalue weighted by atomic mass is 32.1. The molecule has 0 radical (unpaired) electrons. The first-order valence-corrected chi connectivity index (χ1v) is 6.55. The lowest BCUT2D eigenvalue weighted by molar-refractivity contribution is 0.102. The fraction of sp³-hybridized carbons (Fsp3) is 0.667. The van der Waals surface area contributed by atoms with E-state index in [0.717, 1.165) is 28.2 Å². The van der Waals surface area contributed by atoms with Gasteiger partial charge in [0.2, 0.25) is 0 Å². The van der Waals surface area contributed by atoms with Crippen LogP contribution in [0.25, 0.3) is 0 Å². The van der Waals surface area contributed by atoms with Gasteiger partial charge in [0.05, 0.1) is 10.6 Å². The lowest BCUT2D eigenvalue weighted by Gasteiger charge is -2.19. The summed E-state index contributed by atoms with van der Waals surface area (Å²) >= 11 is 1.54. The molecule has 1 saturated heterocycles. The first-order chi connectivity index (χ1) is 7.49. The number of Topliss-reactive ketones (excluding diaryl/α,β-unsaturated/α-hetero) is 1. The molecule has 0 N–H and O–H groups in total. The van der Waals surface area contributed by atoms with Crippen molar-refractivity contribution in [3.63, 3.8) is 0 Å². The van der Waals surface area contributed by atoms with Crippen LogP contribution in [0.2, 0.25) is 0 Å². The maximum Gasteiger partial charge on any atom is 0.186 e. The van der Waals surface area contributed by atoms with Crippen LogP contribution >= 0.6 is 11.3 Å².